The summed E-state index contributed by atoms with van der Waals surface area (Å²) >= 11 is 7.42. The number of halogens is 1. The third-order valence-electron chi connectivity index (χ3n) is 4.22. The van der Waals surface area contributed by atoms with Gasteiger partial charge in [0.15, 0.2) is 5.13 Å². The lowest BCUT2D eigenvalue weighted by molar-refractivity contribution is 0.0985. The second-order valence-corrected chi connectivity index (χ2v) is 7.51. The molecule has 0 aliphatic heterocycles. The monoisotopic (exact) mass is 409 g/mol. The number of hydrogen-bond acceptors (Lipinski definition) is 5. The molecule has 28 heavy (non-hydrogen) atoms. The van der Waals surface area contributed by atoms with E-state index in [1.807, 2.05) is 30.3 Å². The minimum absolute atomic E-state index is 0.154. The SMILES string of the molecule is COc1cccc2sc(N(Cc3cccnc3)C(=O)c3ccc(Cl)cc3)nc12. The van der Waals surface area contributed by atoms with Crippen molar-refractivity contribution >= 4 is 44.2 Å². The lowest BCUT2D eigenvalue weighted by atomic mass is 10.2. The van der Waals surface area contributed by atoms with Crippen LogP contribution in [0, 0.1) is 0 Å². The summed E-state index contributed by atoms with van der Waals surface area (Å²) in [6, 6.07) is 16.4. The lowest BCUT2D eigenvalue weighted by Gasteiger charge is -2.20. The molecule has 4 rings (SSSR count). The van der Waals surface area contributed by atoms with Gasteiger partial charge in [0.2, 0.25) is 0 Å². The topological polar surface area (TPSA) is 55.3 Å². The maximum absolute atomic E-state index is 13.3. The first-order valence-electron chi connectivity index (χ1n) is 8.55. The molecule has 2 heterocycles. The van der Waals surface area contributed by atoms with Crippen LogP contribution in [-0.2, 0) is 6.54 Å². The van der Waals surface area contributed by atoms with Crippen LogP contribution in [0.25, 0.3) is 10.2 Å². The molecule has 0 radical (unpaired) electrons. The maximum Gasteiger partial charge on any atom is 0.260 e. The van der Waals surface area contributed by atoms with Gasteiger partial charge in [0.1, 0.15) is 11.3 Å². The molecule has 1 amide bonds. The van der Waals surface area contributed by atoms with Crippen LogP contribution in [0.15, 0.2) is 67.0 Å². The van der Waals surface area contributed by atoms with Crippen LogP contribution >= 0.6 is 22.9 Å². The van der Waals surface area contributed by atoms with Crippen LogP contribution in [0.5, 0.6) is 5.75 Å². The average molecular weight is 410 g/mol. The predicted molar refractivity (Wildman–Crippen MR) is 112 cm³/mol. The molecule has 0 saturated carbocycles. The molecule has 0 bridgehead atoms. The van der Waals surface area contributed by atoms with Crippen molar-refractivity contribution in [3.8, 4) is 5.75 Å². The van der Waals surface area contributed by atoms with Crippen molar-refractivity contribution in [3.63, 3.8) is 0 Å². The Morgan fingerprint density at radius 2 is 1.96 bits per heavy atom. The molecule has 0 unspecified atom stereocenters. The fraction of sp³-hybridized carbons (Fsp3) is 0.0952. The van der Waals surface area contributed by atoms with Crippen LogP contribution in [0.2, 0.25) is 5.02 Å². The Morgan fingerprint density at radius 1 is 1.14 bits per heavy atom. The summed E-state index contributed by atoms with van der Waals surface area (Å²) in [7, 11) is 1.61. The molecule has 2 aromatic carbocycles. The molecule has 0 spiro atoms. The summed E-state index contributed by atoms with van der Waals surface area (Å²) in [5, 5.41) is 1.18. The third kappa shape index (κ3) is 3.69. The van der Waals surface area contributed by atoms with E-state index in [4.69, 9.17) is 21.3 Å². The number of para-hydroxylation sites is 1. The first-order chi connectivity index (χ1) is 13.7. The zero-order valence-electron chi connectivity index (χ0n) is 15.0. The van der Waals surface area contributed by atoms with Gasteiger partial charge < -0.3 is 4.74 Å². The van der Waals surface area contributed by atoms with Crippen molar-refractivity contribution < 1.29 is 9.53 Å². The van der Waals surface area contributed by atoms with Crippen LogP contribution in [-0.4, -0.2) is 23.0 Å². The molecule has 0 aliphatic carbocycles. The number of fused-ring (bicyclic) bond motifs is 1. The number of nitrogens with zero attached hydrogens (tertiary/aromatic N) is 3. The second kappa shape index (κ2) is 7.96. The van der Waals surface area contributed by atoms with Crippen molar-refractivity contribution in [2.45, 2.75) is 6.54 Å². The third-order valence-corrected chi connectivity index (χ3v) is 5.52. The normalized spacial score (nSPS) is 10.8. The molecular weight excluding hydrogens is 394 g/mol. The minimum Gasteiger partial charge on any atom is -0.494 e. The van der Waals surface area contributed by atoms with E-state index in [0.717, 1.165) is 15.8 Å². The van der Waals surface area contributed by atoms with Gasteiger partial charge in [-0.25, -0.2) is 4.98 Å². The highest BCUT2D eigenvalue weighted by atomic mass is 35.5. The second-order valence-electron chi connectivity index (χ2n) is 6.06. The van der Waals surface area contributed by atoms with Gasteiger partial charge in [0, 0.05) is 23.0 Å². The summed E-state index contributed by atoms with van der Waals surface area (Å²) in [5.41, 5.74) is 2.20. The number of aromatic nitrogens is 2. The molecular formula is C21H16ClN3O2S. The van der Waals surface area contributed by atoms with E-state index in [-0.39, 0.29) is 5.91 Å². The van der Waals surface area contributed by atoms with E-state index in [1.54, 1.807) is 48.7 Å². The largest absolute Gasteiger partial charge is 0.494 e. The Kier molecular flexibility index (Phi) is 5.23. The summed E-state index contributed by atoms with van der Waals surface area (Å²) in [6.45, 7) is 0.359. The molecule has 0 fully saturated rings. The average Bonchev–Trinajstić information content (AvgIpc) is 3.17. The van der Waals surface area contributed by atoms with E-state index in [9.17, 15) is 4.79 Å². The van der Waals surface area contributed by atoms with Gasteiger partial charge in [-0.05, 0) is 48.0 Å². The summed E-state index contributed by atoms with van der Waals surface area (Å²) < 4.78 is 6.37. The Morgan fingerprint density at radius 3 is 2.68 bits per heavy atom. The summed E-state index contributed by atoms with van der Waals surface area (Å²) in [5.74, 6) is 0.527. The Hall–Kier alpha value is -2.96. The van der Waals surface area contributed by atoms with Gasteiger partial charge in [-0.2, -0.15) is 0 Å². The van der Waals surface area contributed by atoms with Crippen molar-refractivity contribution in [3.05, 3.63) is 83.1 Å². The van der Waals surface area contributed by atoms with E-state index >= 15 is 0 Å². The van der Waals surface area contributed by atoms with E-state index < -0.39 is 0 Å². The Balaban J connectivity index is 1.78. The number of amides is 1. The molecule has 0 N–H and O–H groups in total. The predicted octanol–water partition coefficient (Wildman–Crippen LogP) is 5.20. The van der Waals surface area contributed by atoms with Gasteiger partial charge in [-0.15, -0.1) is 0 Å². The zero-order valence-corrected chi connectivity index (χ0v) is 16.6. The number of hydrogen-bond donors (Lipinski definition) is 0. The number of benzene rings is 2. The quantitative estimate of drug-likeness (QED) is 0.454. The molecule has 0 aliphatic rings. The van der Waals surface area contributed by atoms with Gasteiger partial charge >= 0.3 is 0 Å². The number of rotatable bonds is 5. The van der Waals surface area contributed by atoms with Crippen LogP contribution < -0.4 is 9.64 Å². The number of anilines is 1. The Labute approximate surface area is 171 Å². The fourth-order valence-electron chi connectivity index (χ4n) is 2.84. The van der Waals surface area contributed by atoms with E-state index in [0.29, 0.717) is 28.0 Å². The molecule has 5 nitrogen and oxygen atoms in total. The van der Waals surface area contributed by atoms with Crippen LogP contribution in [0.3, 0.4) is 0 Å². The number of carbonyl (C=O) groups excluding carboxylic acids is 1. The molecule has 2 aromatic heterocycles. The molecule has 0 atom stereocenters. The van der Waals surface area contributed by atoms with Crippen LogP contribution in [0.4, 0.5) is 5.13 Å². The van der Waals surface area contributed by atoms with Gasteiger partial charge in [-0.1, -0.05) is 35.1 Å². The number of ether oxygens (including phenoxy) is 1. The fourth-order valence-corrected chi connectivity index (χ4v) is 3.95. The summed E-state index contributed by atoms with van der Waals surface area (Å²) in [6.07, 6.45) is 3.45. The number of methoxy groups -OCH3 is 1. The molecule has 0 saturated heterocycles. The van der Waals surface area contributed by atoms with Gasteiger partial charge in [-0.3, -0.25) is 14.7 Å². The Bertz CT molecular complexity index is 1110. The highest BCUT2D eigenvalue weighted by Crippen LogP contribution is 2.35. The first-order valence-corrected chi connectivity index (χ1v) is 9.75. The van der Waals surface area contributed by atoms with Gasteiger partial charge in [0.05, 0.1) is 18.4 Å². The minimum atomic E-state index is -0.154. The molecule has 140 valence electrons. The number of thiazole rings is 1. The molecule has 4 aromatic rings. The van der Waals surface area contributed by atoms with Crippen molar-refractivity contribution in [1.82, 2.24) is 9.97 Å². The summed E-state index contributed by atoms with van der Waals surface area (Å²) in [4.78, 5) is 23.8. The standard InChI is InChI=1S/C21H16ClN3O2S/c1-27-17-5-2-6-18-19(17)24-21(28-18)25(13-14-4-3-11-23-12-14)20(26)15-7-9-16(22)10-8-15/h2-12H,13H2,1H3. The zero-order chi connectivity index (χ0) is 19.5. The lowest BCUT2D eigenvalue weighted by Crippen LogP contribution is -2.30. The van der Waals surface area contributed by atoms with Crippen molar-refractivity contribution in [1.29, 1.82) is 0 Å². The van der Waals surface area contributed by atoms with Crippen molar-refractivity contribution in [2.24, 2.45) is 0 Å². The number of carbonyl (C=O) groups is 1. The first kappa shape index (κ1) is 18.4. The smallest absolute Gasteiger partial charge is 0.260 e. The van der Waals surface area contributed by atoms with E-state index in [1.165, 1.54) is 11.3 Å². The van der Waals surface area contributed by atoms with Crippen molar-refractivity contribution in [2.75, 3.05) is 12.0 Å². The number of pyridine rings is 1. The maximum atomic E-state index is 13.3. The van der Waals surface area contributed by atoms with E-state index in [2.05, 4.69) is 4.98 Å². The highest BCUT2D eigenvalue weighted by Gasteiger charge is 2.22. The molecule has 7 heteroatoms. The van der Waals surface area contributed by atoms with Gasteiger partial charge in [0.25, 0.3) is 5.91 Å². The highest BCUT2D eigenvalue weighted by molar-refractivity contribution is 7.22. The van der Waals surface area contributed by atoms with Crippen LogP contribution in [0.1, 0.15) is 15.9 Å².